The third kappa shape index (κ3) is 3.98. The molecule has 0 radical (unpaired) electrons. The highest BCUT2D eigenvalue weighted by Crippen LogP contribution is 2.26. The molecule has 0 unspecified atom stereocenters. The van der Waals surface area contributed by atoms with E-state index in [-0.39, 0.29) is 18.4 Å². The zero-order chi connectivity index (χ0) is 14.4. The largest absolute Gasteiger partial charge is 0.482 e. The number of hydrogen-bond donors (Lipinski definition) is 1. The smallest absolute Gasteiger partial charge is 0.343 e. The summed E-state index contributed by atoms with van der Waals surface area (Å²) in [5, 5.41) is 2.90. The van der Waals surface area contributed by atoms with Crippen molar-refractivity contribution >= 4 is 17.6 Å². The first-order chi connectivity index (χ1) is 9.69. The molecule has 0 spiro atoms. The maximum absolute atomic E-state index is 11.9. The van der Waals surface area contributed by atoms with Crippen molar-refractivity contribution in [1.82, 2.24) is 0 Å². The Balaban J connectivity index is 1.84. The van der Waals surface area contributed by atoms with Crippen LogP contribution in [-0.4, -0.2) is 25.6 Å². The summed E-state index contributed by atoms with van der Waals surface area (Å²) < 4.78 is 9.72. The summed E-state index contributed by atoms with van der Waals surface area (Å²) in [5.41, 5.74) is 0.743. The number of anilines is 1. The molecule has 1 aliphatic rings. The summed E-state index contributed by atoms with van der Waals surface area (Å²) in [6, 6.07) is 6.96. The molecule has 1 aromatic rings. The highest BCUT2D eigenvalue weighted by molar-refractivity contribution is 5.92. The molecule has 2 rings (SSSR count). The van der Waals surface area contributed by atoms with Crippen LogP contribution in [0.2, 0.25) is 0 Å². The average Bonchev–Trinajstić information content (AvgIpc) is 3.00. The molecule has 1 saturated carbocycles. The first-order valence-electron chi connectivity index (χ1n) is 6.79. The van der Waals surface area contributed by atoms with Gasteiger partial charge in [0.2, 0.25) is 5.91 Å². The standard InChI is InChI=1S/C15H19NO4/c1-19-14(17)10-20-13-8-6-12(7-9-13)16-15(18)11-4-2-3-5-11/h6-9,11H,2-5,10H2,1H3,(H,16,18). The highest BCUT2D eigenvalue weighted by Gasteiger charge is 2.22. The van der Waals surface area contributed by atoms with Gasteiger partial charge in [-0.3, -0.25) is 4.79 Å². The average molecular weight is 277 g/mol. The van der Waals surface area contributed by atoms with Crippen LogP contribution in [-0.2, 0) is 14.3 Å². The molecule has 1 amide bonds. The van der Waals surface area contributed by atoms with Crippen LogP contribution in [0.15, 0.2) is 24.3 Å². The van der Waals surface area contributed by atoms with Gasteiger partial charge in [-0.15, -0.1) is 0 Å². The molecule has 0 saturated heterocycles. The van der Waals surface area contributed by atoms with Crippen molar-refractivity contribution < 1.29 is 19.1 Å². The van der Waals surface area contributed by atoms with Crippen molar-refractivity contribution in [3.8, 4) is 5.75 Å². The van der Waals surface area contributed by atoms with Crippen molar-refractivity contribution in [3.05, 3.63) is 24.3 Å². The van der Waals surface area contributed by atoms with Gasteiger partial charge in [0.1, 0.15) is 5.75 Å². The van der Waals surface area contributed by atoms with Crippen LogP contribution in [0.25, 0.3) is 0 Å². The second-order valence-electron chi connectivity index (χ2n) is 4.86. The monoisotopic (exact) mass is 277 g/mol. The lowest BCUT2D eigenvalue weighted by molar-refractivity contribution is -0.142. The fourth-order valence-electron chi connectivity index (χ4n) is 2.27. The predicted octanol–water partition coefficient (Wildman–Crippen LogP) is 2.37. The van der Waals surface area contributed by atoms with E-state index in [1.807, 2.05) is 0 Å². The second-order valence-corrected chi connectivity index (χ2v) is 4.86. The molecule has 1 aliphatic carbocycles. The zero-order valence-corrected chi connectivity index (χ0v) is 11.6. The predicted molar refractivity (Wildman–Crippen MR) is 74.5 cm³/mol. The first kappa shape index (κ1) is 14.4. The molecule has 5 heteroatoms. The van der Waals surface area contributed by atoms with Crippen molar-refractivity contribution in [2.45, 2.75) is 25.7 Å². The van der Waals surface area contributed by atoms with E-state index >= 15 is 0 Å². The topological polar surface area (TPSA) is 64.6 Å². The number of hydrogen-bond acceptors (Lipinski definition) is 4. The lowest BCUT2D eigenvalue weighted by atomic mass is 10.1. The van der Waals surface area contributed by atoms with Crippen molar-refractivity contribution in [3.63, 3.8) is 0 Å². The Morgan fingerprint density at radius 1 is 1.20 bits per heavy atom. The Morgan fingerprint density at radius 3 is 2.45 bits per heavy atom. The molecule has 20 heavy (non-hydrogen) atoms. The van der Waals surface area contributed by atoms with Gasteiger partial charge in [-0.05, 0) is 37.1 Å². The highest BCUT2D eigenvalue weighted by atomic mass is 16.6. The number of carbonyl (C=O) groups excluding carboxylic acids is 2. The summed E-state index contributed by atoms with van der Waals surface area (Å²) in [7, 11) is 1.31. The minimum atomic E-state index is -0.427. The van der Waals surface area contributed by atoms with Gasteiger partial charge in [-0.25, -0.2) is 4.79 Å². The summed E-state index contributed by atoms with van der Waals surface area (Å²) in [4.78, 5) is 22.9. The van der Waals surface area contributed by atoms with Crippen LogP contribution in [0.5, 0.6) is 5.75 Å². The summed E-state index contributed by atoms with van der Waals surface area (Å²) in [6.07, 6.45) is 4.23. The SMILES string of the molecule is COC(=O)COc1ccc(NC(=O)C2CCCC2)cc1. The van der Waals surface area contributed by atoms with E-state index in [2.05, 4.69) is 10.1 Å². The van der Waals surface area contributed by atoms with Gasteiger partial charge in [0.05, 0.1) is 7.11 Å². The minimum absolute atomic E-state index is 0.0886. The Hall–Kier alpha value is -2.04. The van der Waals surface area contributed by atoms with Gasteiger partial charge in [0.15, 0.2) is 6.61 Å². The van der Waals surface area contributed by atoms with Crippen LogP contribution < -0.4 is 10.1 Å². The van der Waals surface area contributed by atoms with E-state index < -0.39 is 5.97 Å². The quantitative estimate of drug-likeness (QED) is 0.839. The number of methoxy groups -OCH3 is 1. The fourth-order valence-corrected chi connectivity index (χ4v) is 2.27. The van der Waals surface area contributed by atoms with E-state index in [1.54, 1.807) is 24.3 Å². The van der Waals surface area contributed by atoms with Gasteiger partial charge in [0.25, 0.3) is 0 Å². The number of esters is 1. The van der Waals surface area contributed by atoms with E-state index in [0.717, 1.165) is 31.4 Å². The van der Waals surface area contributed by atoms with E-state index in [0.29, 0.717) is 5.75 Å². The lowest BCUT2D eigenvalue weighted by Gasteiger charge is -2.11. The van der Waals surface area contributed by atoms with Gasteiger partial charge < -0.3 is 14.8 Å². The number of amides is 1. The van der Waals surface area contributed by atoms with Gasteiger partial charge in [-0.2, -0.15) is 0 Å². The molecule has 1 fully saturated rings. The van der Waals surface area contributed by atoms with Crippen molar-refractivity contribution in [1.29, 1.82) is 0 Å². The Bertz CT molecular complexity index is 463. The number of ether oxygens (including phenoxy) is 2. The third-order valence-corrected chi connectivity index (χ3v) is 3.43. The first-order valence-corrected chi connectivity index (χ1v) is 6.79. The zero-order valence-electron chi connectivity index (χ0n) is 11.6. The third-order valence-electron chi connectivity index (χ3n) is 3.43. The van der Waals surface area contributed by atoms with Crippen molar-refractivity contribution in [2.24, 2.45) is 5.92 Å². The number of benzene rings is 1. The molecule has 5 nitrogen and oxygen atoms in total. The fraction of sp³-hybridized carbons (Fsp3) is 0.467. The lowest BCUT2D eigenvalue weighted by Crippen LogP contribution is -2.20. The van der Waals surface area contributed by atoms with Crippen LogP contribution in [0.3, 0.4) is 0 Å². The molecule has 0 heterocycles. The van der Waals surface area contributed by atoms with Crippen LogP contribution >= 0.6 is 0 Å². The molecule has 0 bridgehead atoms. The second kappa shape index (κ2) is 6.93. The molecule has 0 aliphatic heterocycles. The molecule has 1 aromatic carbocycles. The van der Waals surface area contributed by atoms with E-state index in [1.165, 1.54) is 7.11 Å². The number of nitrogens with one attached hydrogen (secondary N) is 1. The summed E-state index contributed by atoms with van der Waals surface area (Å²) >= 11 is 0. The molecule has 0 atom stereocenters. The maximum atomic E-state index is 11.9. The van der Waals surface area contributed by atoms with Crippen LogP contribution in [0, 0.1) is 5.92 Å². The van der Waals surface area contributed by atoms with Crippen LogP contribution in [0.1, 0.15) is 25.7 Å². The molecular weight excluding hydrogens is 258 g/mol. The summed E-state index contributed by atoms with van der Waals surface area (Å²) in [6.45, 7) is -0.121. The number of carbonyl (C=O) groups is 2. The van der Waals surface area contributed by atoms with Crippen molar-refractivity contribution in [2.75, 3.05) is 19.0 Å². The Kier molecular flexibility index (Phi) is 4.98. The minimum Gasteiger partial charge on any atom is -0.482 e. The normalized spacial score (nSPS) is 14.8. The van der Waals surface area contributed by atoms with Gasteiger partial charge in [-0.1, -0.05) is 12.8 Å². The molecule has 108 valence electrons. The molecule has 0 aromatic heterocycles. The van der Waals surface area contributed by atoms with E-state index in [4.69, 9.17) is 4.74 Å². The van der Waals surface area contributed by atoms with Gasteiger partial charge in [0, 0.05) is 11.6 Å². The maximum Gasteiger partial charge on any atom is 0.343 e. The molecular formula is C15H19NO4. The molecule has 1 N–H and O–H groups in total. The van der Waals surface area contributed by atoms with Gasteiger partial charge >= 0.3 is 5.97 Å². The Labute approximate surface area is 118 Å². The van der Waals surface area contributed by atoms with E-state index in [9.17, 15) is 9.59 Å². The summed E-state index contributed by atoms with van der Waals surface area (Å²) in [5.74, 6) is 0.369. The number of rotatable bonds is 5. The Morgan fingerprint density at radius 2 is 1.85 bits per heavy atom. The van der Waals surface area contributed by atoms with Crippen LogP contribution in [0.4, 0.5) is 5.69 Å².